The van der Waals surface area contributed by atoms with E-state index in [0.717, 1.165) is 17.7 Å². The number of benzene rings is 2. The first-order valence-electron chi connectivity index (χ1n) is 10.6. The van der Waals surface area contributed by atoms with E-state index >= 15 is 0 Å². The summed E-state index contributed by atoms with van der Waals surface area (Å²) in [5, 5.41) is 11.5. The van der Waals surface area contributed by atoms with Crippen LogP contribution in [-0.2, 0) is 6.54 Å². The molecule has 182 valence electrons. The number of hydrogen-bond donors (Lipinski definition) is 0. The van der Waals surface area contributed by atoms with Crippen LogP contribution in [0.25, 0.3) is 0 Å². The van der Waals surface area contributed by atoms with E-state index in [-0.39, 0.29) is 11.3 Å². The van der Waals surface area contributed by atoms with Crippen molar-refractivity contribution in [1.82, 2.24) is 9.80 Å². The smallest absolute Gasteiger partial charge is 0.387 e. The van der Waals surface area contributed by atoms with Gasteiger partial charge in [0.1, 0.15) is 18.8 Å². The van der Waals surface area contributed by atoms with Gasteiger partial charge in [-0.3, -0.25) is 19.8 Å². The minimum Gasteiger partial charge on any atom is -0.493 e. The Labute approximate surface area is 193 Å². The van der Waals surface area contributed by atoms with Gasteiger partial charge in [-0.15, -0.1) is 0 Å². The van der Waals surface area contributed by atoms with Crippen LogP contribution in [0.5, 0.6) is 23.0 Å². The molecule has 1 amide bonds. The first-order chi connectivity index (χ1) is 16.4. The number of alkyl halides is 2. The van der Waals surface area contributed by atoms with Crippen LogP contribution >= 0.6 is 0 Å². The van der Waals surface area contributed by atoms with Gasteiger partial charge in [-0.05, 0) is 17.7 Å². The number of methoxy groups -OCH3 is 1. The van der Waals surface area contributed by atoms with Crippen molar-refractivity contribution in [3.05, 3.63) is 51.6 Å². The van der Waals surface area contributed by atoms with Gasteiger partial charge in [-0.25, -0.2) is 0 Å². The van der Waals surface area contributed by atoms with E-state index in [1.165, 1.54) is 12.0 Å². The largest absolute Gasteiger partial charge is 0.493 e. The number of ether oxygens (including phenoxy) is 4. The average Bonchev–Trinajstić information content (AvgIpc) is 2.83. The Balaban J connectivity index is 1.44. The monoisotopic (exact) mass is 479 g/mol. The van der Waals surface area contributed by atoms with E-state index in [9.17, 15) is 23.7 Å². The van der Waals surface area contributed by atoms with Gasteiger partial charge in [0.05, 0.1) is 18.1 Å². The molecule has 0 spiro atoms. The van der Waals surface area contributed by atoms with Crippen LogP contribution in [0.2, 0.25) is 0 Å². The molecule has 0 unspecified atom stereocenters. The minimum absolute atomic E-state index is 0.188. The molecule has 2 aliphatic heterocycles. The van der Waals surface area contributed by atoms with E-state index in [0.29, 0.717) is 57.4 Å². The predicted octanol–water partition coefficient (Wildman–Crippen LogP) is 2.93. The average molecular weight is 479 g/mol. The molecule has 0 aromatic heterocycles. The number of fused-ring (bicyclic) bond motifs is 1. The molecule has 2 heterocycles. The molecule has 2 aromatic carbocycles. The number of carbonyl (C=O) groups excluding carboxylic acids is 1. The molecule has 0 radical (unpaired) electrons. The van der Waals surface area contributed by atoms with E-state index < -0.39 is 28.9 Å². The van der Waals surface area contributed by atoms with Gasteiger partial charge in [0.25, 0.3) is 11.6 Å². The molecule has 34 heavy (non-hydrogen) atoms. The van der Waals surface area contributed by atoms with Crippen LogP contribution < -0.4 is 18.9 Å². The molecule has 0 aliphatic carbocycles. The summed E-state index contributed by atoms with van der Waals surface area (Å²) < 4.78 is 45.8. The number of halogens is 2. The van der Waals surface area contributed by atoms with Crippen molar-refractivity contribution >= 4 is 11.6 Å². The van der Waals surface area contributed by atoms with Crippen LogP contribution in [0.15, 0.2) is 30.3 Å². The predicted molar refractivity (Wildman–Crippen MR) is 115 cm³/mol. The minimum atomic E-state index is -3.20. The number of nitro groups is 1. The molecular formula is C22H23F2N3O7. The second kappa shape index (κ2) is 10.1. The van der Waals surface area contributed by atoms with Gasteiger partial charge < -0.3 is 23.8 Å². The van der Waals surface area contributed by atoms with Crippen LogP contribution in [0.1, 0.15) is 15.9 Å². The SMILES string of the molecule is COc1cc(C(=O)N2CCN(Cc3ccc4c(c3)OCCO4)CC2)c([N+](=O)[O-])cc1OC(F)F. The highest BCUT2D eigenvalue weighted by atomic mass is 19.3. The molecule has 0 N–H and O–H groups in total. The Hall–Kier alpha value is -3.67. The van der Waals surface area contributed by atoms with E-state index in [1.807, 2.05) is 18.2 Å². The highest BCUT2D eigenvalue weighted by Gasteiger charge is 2.30. The first kappa shape index (κ1) is 23.5. The number of amides is 1. The lowest BCUT2D eigenvalue weighted by atomic mass is 10.1. The number of carbonyl (C=O) groups is 1. The molecular weight excluding hydrogens is 456 g/mol. The van der Waals surface area contributed by atoms with Crippen molar-refractivity contribution in [2.75, 3.05) is 46.5 Å². The second-order valence-corrected chi connectivity index (χ2v) is 7.70. The molecule has 1 fully saturated rings. The van der Waals surface area contributed by atoms with Crippen LogP contribution in [0.4, 0.5) is 14.5 Å². The lowest BCUT2D eigenvalue weighted by Crippen LogP contribution is -2.48. The molecule has 0 atom stereocenters. The molecule has 10 nitrogen and oxygen atoms in total. The van der Waals surface area contributed by atoms with E-state index in [2.05, 4.69) is 9.64 Å². The van der Waals surface area contributed by atoms with E-state index in [4.69, 9.17) is 14.2 Å². The highest BCUT2D eigenvalue weighted by molar-refractivity contribution is 5.99. The van der Waals surface area contributed by atoms with Crippen LogP contribution in [-0.4, -0.2) is 73.7 Å². The normalized spacial score (nSPS) is 15.8. The maximum absolute atomic E-state index is 13.1. The summed E-state index contributed by atoms with van der Waals surface area (Å²) in [5.41, 5.74) is 0.169. The summed E-state index contributed by atoms with van der Waals surface area (Å²) in [6.45, 7) is 0.271. The highest BCUT2D eigenvalue weighted by Crippen LogP contribution is 2.36. The Morgan fingerprint density at radius 3 is 2.44 bits per heavy atom. The fourth-order valence-corrected chi connectivity index (χ4v) is 3.94. The Morgan fingerprint density at radius 2 is 1.79 bits per heavy atom. The maximum atomic E-state index is 13.1. The van der Waals surface area contributed by atoms with Crippen molar-refractivity contribution < 1.29 is 37.4 Å². The number of hydrogen-bond acceptors (Lipinski definition) is 8. The Bertz CT molecular complexity index is 1070. The maximum Gasteiger partial charge on any atom is 0.387 e. The summed E-state index contributed by atoms with van der Waals surface area (Å²) in [6, 6.07) is 7.63. The third kappa shape index (κ3) is 5.11. The van der Waals surface area contributed by atoms with Crippen molar-refractivity contribution in [3.63, 3.8) is 0 Å². The summed E-state index contributed by atoms with van der Waals surface area (Å²) in [5.74, 6) is 0.148. The Morgan fingerprint density at radius 1 is 1.09 bits per heavy atom. The second-order valence-electron chi connectivity index (χ2n) is 7.70. The molecule has 2 aliphatic rings. The van der Waals surface area contributed by atoms with Gasteiger partial charge in [0.15, 0.2) is 23.0 Å². The standard InChI is InChI=1S/C22H23F2N3O7/c1-31-18-11-15(16(27(29)30)12-20(18)34-22(23)24)21(28)26-6-4-25(5-7-26)13-14-2-3-17-19(10-14)33-9-8-32-17/h2-3,10-12,22H,4-9,13H2,1H3. The first-order valence-corrected chi connectivity index (χ1v) is 10.6. The third-order valence-corrected chi connectivity index (χ3v) is 5.60. The zero-order valence-electron chi connectivity index (χ0n) is 18.4. The van der Waals surface area contributed by atoms with Crippen molar-refractivity contribution in [1.29, 1.82) is 0 Å². The fourth-order valence-electron chi connectivity index (χ4n) is 3.94. The zero-order chi connectivity index (χ0) is 24.2. The lowest BCUT2D eigenvalue weighted by Gasteiger charge is -2.35. The van der Waals surface area contributed by atoms with Gasteiger partial charge in [0, 0.05) is 38.8 Å². The van der Waals surface area contributed by atoms with Crippen molar-refractivity contribution in [2.45, 2.75) is 13.2 Å². The number of rotatable bonds is 7. The third-order valence-electron chi connectivity index (χ3n) is 5.60. The zero-order valence-corrected chi connectivity index (χ0v) is 18.4. The van der Waals surface area contributed by atoms with Gasteiger partial charge in [-0.1, -0.05) is 6.07 Å². The molecule has 12 heteroatoms. The van der Waals surface area contributed by atoms with Gasteiger partial charge >= 0.3 is 6.61 Å². The summed E-state index contributed by atoms with van der Waals surface area (Å²) in [7, 11) is 1.20. The van der Waals surface area contributed by atoms with E-state index in [1.54, 1.807) is 0 Å². The fraction of sp³-hybridized carbons (Fsp3) is 0.409. The Kier molecular flexibility index (Phi) is 6.96. The van der Waals surface area contributed by atoms with Crippen molar-refractivity contribution in [3.8, 4) is 23.0 Å². The van der Waals surface area contributed by atoms with Gasteiger partial charge in [-0.2, -0.15) is 8.78 Å². The summed E-state index contributed by atoms with van der Waals surface area (Å²) in [6.07, 6.45) is 0. The topological polar surface area (TPSA) is 104 Å². The van der Waals surface area contributed by atoms with Crippen molar-refractivity contribution in [2.24, 2.45) is 0 Å². The molecule has 0 bridgehead atoms. The summed E-state index contributed by atoms with van der Waals surface area (Å²) in [4.78, 5) is 27.5. The molecule has 4 rings (SSSR count). The summed E-state index contributed by atoms with van der Waals surface area (Å²) >= 11 is 0. The number of nitro benzene ring substituents is 1. The van der Waals surface area contributed by atoms with Crippen LogP contribution in [0, 0.1) is 10.1 Å². The molecule has 1 saturated heterocycles. The molecule has 2 aromatic rings. The number of nitrogens with zero attached hydrogens (tertiary/aromatic N) is 3. The number of piperazine rings is 1. The molecule has 0 saturated carbocycles. The quantitative estimate of drug-likeness (QED) is 0.441. The van der Waals surface area contributed by atoms with Crippen LogP contribution in [0.3, 0.4) is 0 Å². The lowest BCUT2D eigenvalue weighted by molar-refractivity contribution is -0.385. The van der Waals surface area contributed by atoms with Gasteiger partial charge in [0.2, 0.25) is 0 Å².